The van der Waals surface area contributed by atoms with E-state index in [1.165, 1.54) is 17.7 Å². The molecule has 4 nitrogen and oxygen atoms in total. The van der Waals surface area contributed by atoms with E-state index in [9.17, 15) is 9.18 Å². The van der Waals surface area contributed by atoms with Crippen molar-refractivity contribution in [2.24, 2.45) is 0 Å². The first-order valence-corrected chi connectivity index (χ1v) is 12.0. The van der Waals surface area contributed by atoms with Gasteiger partial charge in [0.25, 0.3) is 11.7 Å². The molecule has 0 aromatic heterocycles. The molecule has 2 aliphatic heterocycles. The second-order valence-corrected chi connectivity index (χ2v) is 8.60. The first kappa shape index (κ1) is 25.4. The van der Waals surface area contributed by atoms with Crippen LogP contribution in [0.2, 0.25) is 5.02 Å². The highest BCUT2D eigenvalue weighted by Crippen LogP contribution is 2.47. The number of carbonyl (C=O) groups excluding carboxylic acids is 1. The number of likely N-dealkylation sites (tertiary alicyclic amines) is 1. The third-order valence-corrected chi connectivity index (χ3v) is 5.94. The van der Waals surface area contributed by atoms with Gasteiger partial charge in [0, 0.05) is 47.6 Å². The molecule has 2 aromatic carbocycles. The summed E-state index contributed by atoms with van der Waals surface area (Å²) in [5, 5.41) is 0.591. The second-order valence-electron chi connectivity index (χ2n) is 7.60. The fourth-order valence-corrected chi connectivity index (χ4v) is 4.14. The van der Waals surface area contributed by atoms with Gasteiger partial charge in [0.15, 0.2) is 11.5 Å². The van der Waals surface area contributed by atoms with Crippen LogP contribution in [0.5, 0.6) is 11.5 Å². The van der Waals surface area contributed by atoms with Crippen molar-refractivity contribution in [1.82, 2.24) is 4.90 Å². The largest absolute Gasteiger partial charge is 0.444 e. The molecule has 8 heteroatoms. The maximum atomic E-state index is 14.7. The van der Waals surface area contributed by atoms with E-state index in [4.69, 9.17) is 44.3 Å². The van der Waals surface area contributed by atoms with Crippen molar-refractivity contribution in [3.63, 3.8) is 0 Å². The molecule has 0 aliphatic carbocycles. The molecule has 1 amide bonds. The zero-order valence-corrected chi connectivity index (χ0v) is 20.3. The number of alkyl halides is 1. The highest BCUT2D eigenvalue weighted by Gasteiger charge is 2.43. The second kappa shape index (κ2) is 11.8. The topological polar surface area (TPSA) is 38.8 Å². The standard InChI is InChI=1S/C22H21ClFNO3.C3H4Cl2/c1-2-10-22(15-6-8-16(23)9-7-15)27-19-13-17(18(24)14-20(19)28-22)21(26)25-11-4-3-5-12-25;4-2-1-3-5/h2,6-9,13-14H,1,3-5,10-12H2;1-2H,3H2/b;2-1+. The summed E-state index contributed by atoms with van der Waals surface area (Å²) in [7, 11) is 0. The minimum atomic E-state index is -1.16. The first-order valence-electron chi connectivity index (χ1n) is 10.6. The molecule has 33 heavy (non-hydrogen) atoms. The van der Waals surface area contributed by atoms with E-state index in [0.717, 1.165) is 24.8 Å². The van der Waals surface area contributed by atoms with Gasteiger partial charge in [0.05, 0.1) is 5.56 Å². The highest BCUT2D eigenvalue weighted by atomic mass is 35.5. The number of benzene rings is 2. The van der Waals surface area contributed by atoms with Crippen LogP contribution in [0.3, 0.4) is 0 Å². The summed E-state index contributed by atoms with van der Waals surface area (Å²) in [4.78, 5) is 14.5. The van der Waals surface area contributed by atoms with Crippen LogP contribution in [0, 0.1) is 5.82 Å². The number of fused-ring (bicyclic) bond motifs is 1. The lowest BCUT2D eigenvalue weighted by Crippen LogP contribution is -2.36. The number of hydrogen-bond acceptors (Lipinski definition) is 3. The fraction of sp³-hybridized carbons (Fsp3) is 0.320. The summed E-state index contributed by atoms with van der Waals surface area (Å²) in [6.07, 6.45) is 6.66. The number of ether oxygens (including phenoxy) is 2. The summed E-state index contributed by atoms with van der Waals surface area (Å²) >= 11 is 16.2. The molecular weight excluding hydrogens is 488 g/mol. The quantitative estimate of drug-likeness (QED) is 0.312. The van der Waals surface area contributed by atoms with E-state index in [-0.39, 0.29) is 17.2 Å². The zero-order chi connectivity index (χ0) is 23.8. The molecule has 1 atom stereocenters. The van der Waals surface area contributed by atoms with E-state index < -0.39 is 11.6 Å². The van der Waals surface area contributed by atoms with E-state index in [0.29, 0.717) is 36.2 Å². The Morgan fingerprint density at radius 3 is 2.30 bits per heavy atom. The molecular formula is C25H25Cl3FNO3. The third kappa shape index (κ3) is 6.03. The van der Waals surface area contributed by atoms with Gasteiger partial charge in [-0.25, -0.2) is 4.39 Å². The summed E-state index contributed by atoms with van der Waals surface area (Å²) < 4.78 is 26.9. The molecule has 2 heterocycles. The molecule has 2 aliphatic rings. The van der Waals surface area contributed by atoms with Gasteiger partial charge in [-0.2, -0.15) is 0 Å². The zero-order valence-electron chi connectivity index (χ0n) is 18.0. The molecule has 0 N–H and O–H groups in total. The Morgan fingerprint density at radius 2 is 1.76 bits per heavy atom. The van der Waals surface area contributed by atoms with Crippen LogP contribution in [0.1, 0.15) is 41.6 Å². The van der Waals surface area contributed by atoms with Crippen LogP contribution < -0.4 is 9.47 Å². The molecule has 2 aromatic rings. The van der Waals surface area contributed by atoms with Gasteiger partial charge >= 0.3 is 0 Å². The van der Waals surface area contributed by atoms with Gasteiger partial charge in [-0.3, -0.25) is 4.79 Å². The lowest BCUT2D eigenvalue weighted by Gasteiger charge is -2.27. The molecule has 176 valence electrons. The summed E-state index contributed by atoms with van der Waals surface area (Å²) in [5.74, 6) is -0.958. The molecule has 1 fully saturated rings. The number of nitrogens with zero attached hydrogens (tertiary/aromatic N) is 1. The molecule has 4 rings (SSSR count). The van der Waals surface area contributed by atoms with Crippen LogP contribution in [-0.4, -0.2) is 29.8 Å². The van der Waals surface area contributed by atoms with E-state index >= 15 is 0 Å². The fourth-order valence-electron chi connectivity index (χ4n) is 3.75. The highest BCUT2D eigenvalue weighted by molar-refractivity contribution is 6.30. The van der Waals surface area contributed by atoms with Gasteiger partial charge in [-0.15, -0.1) is 18.2 Å². The van der Waals surface area contributed by atoms with Crippen molar-refractivity contribution in [3.05, 3.63) is 82.6 Å². The minimum absolute atomic E-state index is 0.00904. The maximum Gasteiger partial charge on any atom is 0.281 e. The van der Waals surface area contributed by atoms with Crippen molar-refractivity contribution >= 4 is 40.7 Å². The Bertz CT molecular complexity index is 1010. The summed E-state index contributed by atoms with van der Waals surface area (Å²) in [6.45, 7) is 5.08. The Balaban J connectivity index is 0.000000555. The van der Waals surface area contributed by atoms with Crippen LogP contribution in [0.4, 0.5) is 4.39 Å². The number of piperidine rings is 1. The first-order chi connectivity index (χ1) is 15.9. The van der Waals surface area contributed by atoms with Crippen LogP contribution in [-0.2, 0) is 5.79 Å². The lowest BCUT2D eigenvalue weighted by atomic mass is 10.0. The number of rotatable bonds is 5. The molecule has 0 bridgehead atoms. The van der Waals surface area contributed by atoms with Crippen LogP contribution in [0.25, 0.3) is 0 Å². The Labute approximate surface area is 208 Å². The predicted octanol–water partition coefficient (Wildman–Crippen LogP) is 7.28. The van der Waals surface area contributed by atoms with Gasteiger partial charge in [-0.1, -0.05) is 35.4 Å². The van der Waals surface area contributed by atoms with Crippen molar-refractivity contribution in [2.75, 3.05) is 19.0 Å². The lowest BCUT2D eigenvalue weighted by molar-refractivity contribution is -0.0832. The van der Waals surface area contributed by atoms with Crippen molar-refractivity contribution in [1.29, 1.82) is 0 Å². The Hall–Kier alpha value is -2.21. The van der Waals surface area contributed by atoms with Gasteiger partial charge in [-0.05, 0) is 49.6 Å². The monoisotopic (exact) mass is 511 g/mol. The smallest absolute Gasteiger partial charge is 0.281 e. The van der Waals surface area contributed by atoms with Crippen molar-refractivity contribution < 1.29 is 18.7 Å². The predicted molar refractivity (Wildman–Crippen MR) is 131 cm³/mol. The number of carbonyl (C=O) groups is 1. The average Bonchev–Trinajstić information content (AvgIpc) is 3.18. The van der Waals surface area contributed by atoms with Gasteiger partial charge in [0.1, 0.15) is 5.82 Å². The average molecular weight is 513 g/mol. The maximum absolute atomic E-state index is 14.7. The van der Waals surface area contributed by atoms with E-state index in [1.807, 2.05) is 0 Å². The Morgan fingerprint density at radius 1 is 1.12 bits per heavy atom. The third-order valence-electron chi connectivity index (χ3n) is 5.33. The summed E-state index contributed by atoms with van der Waals surface area (Å²) in [6, 6.07) is 9.75. The van der Waals surface area contributed by atoms with E-state index in [1.54, 1.807) is 41.3 Å². The van der Waals surface area contributed by atoms with Crippen LogP contribution >= 0.6 is 34.8 Å². The van der Waals surface area contributed by atoms with Crippen molar-refractivity contribution in [3.8, 4) is 11.5 Å². The summed E-state index contributed by atoms with van der Waals surface area (Å²) in [5.41, 5.74) is 2.14. The molecule has 1 unspecified atom stereocenters. The van der Waals surface area contributed by atoms with Gasteiger partial charge in [0.2, 0.25) is 0 Å². The van der Waals surface area contributed by atoms with Gasteiger partial charge < -0.3 is 14.4 Å². The number of allylic oxidation sites excluding steroid dienone is 1. The van der Waals surface area contributed by atoms with Crippen molar-refractivity contribution in [2.45, 2.75) is 31.5 Å². The minimum Gasteiger partial charge on any atom is -0.444 e. The molecule has 0 radical (unpaired) electrons. The SMILES string of the molecule is C=CCC1(c2ccc(Cl)cc2)Oc2cc(F)c(C(=O)N3CCCCC3)cc2O1.Cl/C=C/CCl. The van der Waals surface area contributed by atoms with Crippen LogP contribution in [0.15, 0.2) is 60.7 Å². The number of halogens is 4. The number of hydrogen-bond donors (Lipinski definition) is 0. The van der Waals surface area contributed by atoms with E-state index in [2.05, 4.69) is 6.58 Å². The normalized spacial score (nSPS) is 19.2. The number of amides is 1. The molecule has 0 saturated carbocycles. The molecule has 0 spiro atoms. The Kier molecular flexibility index (Phi) is 9.07. The molecule has 1 saturated heterocycles.